The molecule has 7 heteroatoms. The Morgan fingerprint density at radius 2 is 2.00 bits per heavy atom. The Bertz CT molecular complexity index is 882. The minimum Gasteiger partial charge on any atom is -0.463 e. The molecule has 0 bridgehead atoms. The van der Waals surface area contributed by atoms with Crippen LogP contribution in [0.1, 0.15) is 24.0 Å². The number of anilines is 1. The molecule has 0 fully saturated rings. The van der Waals surface area contributed by atoms with E-state index in [0.29, 0.717) is 17.1 Å². The number of aromatic nitrogens is 2. The van der Waals surface area contributed by atoms with E-state index in [1.807, 2.05) is 6.07 Å². The van der Waals surface area contributed by atoms with Crippen molar-refractivity contribution in [2.45, 2.75) is 25.4 Å². The van der Waals surface area contributed by atoms with Crippen LogP contribution in [0.15, 0.2) is 47.1 Å². The molecule has 0 aliphatic carbocycles. The van der Waals surface area contributed by atoms with Crippen molar-refractivity contribution in [3.05, 3.63) is 53.8 Å². The van der Waals surface area contributed by atoms with Crippen molar-refractivity contribution in [1.29, 1.82) is 0 Å². The lowest BCUT2D eigenvalue weighted by molar-refractivity contribution is -0.137. The van der Waals surface area contributed by atoms with Crippen molar-refractivity contribution in [2.24, 2.45) is 0 Å². The molecule has 4 rings (SSSR count). The minimum atomic E-state index is -4.39. The zero-order chi connectivity index (χ0) is 17.4. The molecule has 0 radical (unpaired) electrons. The van der Waals surface area contributed by atoms with Gasteiger partial charge >= 0.3 is 6.18 Å². The number of alkyl halides is 3. The molecule has 4 nitrogen and oxygen atoms in total. The van der Waals surface area contributed by atoms with E-state index in [0.717, 1.165) is 49.3 Å². The van der Waals surface area contributed by atoms with Gasteiger partial charge in [0, 0.05) is 12.1 Å². The SMILES string of the molecule is FC(F)(F)c1cccc(-n2nc(-c3ccco3)c3c2NCCCC3)c1. The van der Waals surface area contributed by atoms with Crippen LogP contribution in [-0.4, -0.2) is 16.3 Å². The molecular formula is C18H16F3N3O. The highest BCUT2D eigenvalue weighted by atomic mass is 19.4. The summed E-state index contributed by atoms with van der Waals surface area (Å²) in [7, 11) is 0. The molecule has 0 amide bonds. The van der Waals surface area contributed by atoms with Crippen molar-refractivity contribution >= 4 is 5.82 Å². The summed E-state index contributed by atoms with van der Waals surface area (Å²) in [5.41, 5.74) is 1.33. The fraction of sp³-hybridized carbons (Fsp3) is 0.278. The van der Waals surface area contributed by atoms with Crippen LogP contribution in [0.4, 0.5) is 19.0 Å². The summed E-state index contributed by atoms with van der Waals surface area (Å²) in [6.07, 6.45) is -0.0410. The molecule has 3 aromatic rings. The second kappa shape index (κ2) is 5.98. The average Bonchev–Trinajstić information content (AvgIpc) is 3.16. The maximum atomic E-state index is 13.1. The smallest absolute Gasteiger partial charge is 0.416 e. The summed E-state index contributed by atoms with van der Waals surface area (Å²) in [6, 6.07) is 8.79. The van der Waals surface area contributed by atoms with E-state index < -0.39 is 11.7 Å². The first kappa shape index (κ1) is 15.8. The van der Waals surface area contributed by atoms with E-state index in [-0.39, 0.29) is 0 Å². The summed E-state index contributed by atoms with van der Waals surface area (Å²) < 4.78 is 46.2. The molecule has 130 valence electrons. The van der Waals surface area contributed by atoms with Gasteiger partial charge in [-0.2, -0.15) is 18.3 Å². The van der Waals surface area contributed by atoms with E-state index in [9.17, 15) is 13.2 Å². The molecule has 2 aromatic heterocycles. The predicted molar refractivity (Wildman–Crippen MR) is 87.7 cm³/mol. The number of nitrogens with one attached hydrogen (secondary N) is 1. The number of benzene rings is 1. The van der Waals surface area contributed by atoms with E-state index in [1.54, 1.807) is 23.1 Å². The lowest BCUT2D eigenvalue weighted by atomic mass is 10.1. The van der Waals surface area contributed by atoms with E-state index >= 15 is 0 Å². The molecule has 1 aliphatic rings. The van der Waals surface area contributed by atoms with Crippen LogP contribution < -0.4 is 5.32 Å². The summed E-state index contributed by atoms with van der Waals surface area (Å²) in [5.74, 6) is 1.36. The number of fused-ring (bicyclic) bond motifs is 1. The van der Waals surface area contributed by atoms with E-state index in [1.165, 1.54) is 6.07 Å². The molecule has 3 heterocycles. The van der Waals surface area contributed by atoms with Gasteiger partial charge in [0.1, 0.15) is 11.5 Å². The molecule has 0 saturated carbocycles. The minimum absolute atomic E-state index is 0.373. The quantitative estimate of drug-likeness (QED) is 0.717. The van der Waals surface area contributed by atoms with Crippen LogP contribution in [0, 0.1) is 0 Å². The number of nitrogens with zero attached hydrogens (tertiary/aromatic N) is 2. The Hall–Kier alpha value is -2.70. The maximum absolute atomic E-state index is 13.1. The lowest BCUT2D eigenvalue weighted by Crippen LogP contribution is -2.09. The second-order valence-corrected chi connectivity index (χ2v) is 6.00. The van der Waals surface area contributed by atoms with Crippen LogP contribution >= 0.6 is 0 Å². The Balaban J connectivity index is 1.88. The van der Waals surface area contributed by atoms with Gasteiger partial charge < -0.3 is 9.73 Å². The third kappa shape index (κ3) is 2.90. The molecule has 0 saturated heterocycles. The molecule has 0 atom stereocenters. The molecular weight excluding hydrogens is 331 g/mol. The average molecular weight is 347 g/mol. The van der Waals surface area contributed by atoms with Gasteiger partial charge in [-0.05, 0) is 49.6 Å². The largest absolute Gasteiger partial charge is 0.463 e. The van der Waals surface area contributed by atoms with Crippen molar-refractivity contribution in [1.82, 2.24) is 9.78 Å². The van der Waals surface area contributed by atoms with Crippen LogP contribution in [0.3, 0.4) is 0 Å². The van der Waals surface area contributed by atoms with Crippen molar-refractivity contribution < 1.29 is 17.6 Å². The van der Waals surface area contributed by atoms with Gasteiger partial charge in [-0.25, -0.2) is 4.68 Å². The van der Waals surface area contributed by atoms with Gasteiger partial charge in [-0.1, -0.05) is 6.07 Å². The highest BCUT2D eigenvalue weighted by Crippen LogP contribution is 2.35. The van der Waals surface area contributed by atoms with Gasteiger partial charge in [-0.3, -0.25) is 0 Å². The third-order valence-corrected chi connectivity index (χ3v) is 4.30. The zero-order valence-corrected chi connectivity index (χ0v) is 13.3. The Morgan fingerprint density at radius 1 is 1.12 bits per heavy atom. The Morgan fingerprint density at radius 3 is 2.76 bits per heavy atom. The van der Waals surface area contributed by atoms with Gasteiger partial charge in [0.2, 0.25) is 0 Å². The van der Waals surface area contributed by atoms with Crippen LogP contribution in [0.25, 0.3) is 17.1 Å². The normalized spacial score (nSPS) is 14.7. The van der Waals surface area contributed by atoms with E-state index in [2.05, 4.69) is 10.4 Å². The van der Waals surface area contributed by atoms with Crippen molar-refractivity contribution in [3.8, 4) is 17.1 Å². The van der Waals surface area contributed by atoms with Gasteiger partial charge in [0.05, 0.1) is 17.5 Å². The molecule has 1 N–H and O–H groups in total. The van der Waals surface area contributed by atoms with Gasteiger partial charge in [0.25, 0.3) is 0 Å². The number of hydrogen-bond donors (Lipinski definition) is 1. The second-order valence-electron chi connectivity index (χ2n) is 6.00. The molecule has 1 aliphatic heterocycles. The Kier molecular flexibility index (Phi) is 3.78. The highest BCUT2D eigenvalue weighted by Gasteiger charge is 2.31. The zero-order valence-electron chi connectivity index (χ0n) is 13.3. The number of furan rings is 1. The molecule has 0 unspecified atom stereocenters. The fourth-order valence-corrected chi connectivity index (χ4v) is 3.11. The maximum Gasteiger partial charge on any atom is 0.416 e. The van der Waals surface area contributed by atoms with Gasteiger partial charge in [-0.15, -0.1) is 0 Å². The summed E-state index contributed by atoms with van der Waals surface area (Å²) >= 11 is 0. The molecule has 25 heavy (non-hydrogen) atoms. The standard InChI is InChI=1S/C18H16F3N3O/c19-18(20,21)12-5-3-6-13(11-12)24-17-14(7-1-2-9-22-17)16(23-24)15-8-4-10-25-15/h3-6,8,10-11,22H,1-2,7,9H2. The molecule has 0 spiro atoms. The number of hydrogen-bond acceptors (Lipinski definition) is 3. The topological polar surface area (TPSA) is 43.0 Å². The Labute approximate surface area is 142 Å². The van der Waals surface area contributed by atoms with Crippen LogP contribution in [-0.2, 0) is 12.6 Å². The van der Waals surface area contributed by atoms with Crippen molar-refractivity contribution in [2.75, 3.05) is 11.9 Å². The lowest BCUT2D eigenvalue weighted by Gasteiger charge is -2.12. The van der Waals surface area contributed by atoms with Crippen LogP contribution in [0.5, 0.6) is 0 Å². The summed E-state index contributed by atoms with van der Waals surface area (Å²) in [6.45, 7) is 0.759. The number of rotatable bonds is 2. The monoisotopic (exact) mass is 347 g/mol. The van der Waals surface area contributed by atoms with Crippen LogP contribution in [0.2, 0.25) is 0 Å². The summed E-state index contributed by atoms with van der Waals surface area (Å²) in [5, 5.41) is 7.87. The van der Waals surface area contributed by atoms with Crippen molar-refractivity contribution in [3.63, 3.8) is 0 Å². The first-order chi connectivity index (χ1) is 12.0. The predicted octanol–water partition coefficient (Wildman–Crippen LogP) is 4.90. The van der Waals surface area contributed by atoms with Gasteiger partial charge in [0.15, 0.2) is 5.76 Å². The summed E-state index contributed by atoms with van der Waals surface area (Å²) in [4.78, 5) is 0. The van der Waals surface area contributed by atoms with E-state index in [4.69, 9.17) is 4.42 Å². The first-order valence-corrected chi connectivity index (χ1v) is 8.11. The fourth-order valence-electron chi connectivity index (χ4n) is 3.11. The highest BCUT2D eigenvalue weighted by molar-refractivity contribution is 5.68. The molecule has 1 aromatic carbocycles. The number of halogens is 3. The first-order valence-electron chi connectivity index (χ1n) is 8.11. The third-order valence-electron chi connectivity index (χ3n) is 4.30.